The molecule has 0 unspecified atom stereocenters. The molecule has 3 rings (SSSR count). The Bertz CT molecular complexity index is 700. The van der Waals surface area contributed by atoms with Crippen LogP contribution in [0.25, 0.3) is 6.08 Å². The van der Waals surface area contributed by atoms with Gasteiger partial charge in [-0.25, -0.2) is 0 Å². The first-order chi connectivity index (χ1) is 14.0. The monoisotopic (exact) mass is 397 g/mol. The zero-order valence-corrected chi connectivity index (χ0v) is 17.9. The maximum Gasteiger partial charge on any atom is 0.246 e. The van der Waals surface area contributed by atoms with Gasteiger partial charge in [-0.1, -0.05) is 36.8 Å². The van der Waals surface area contributed by atoms with Gasteiger partial charge < -0.3 is 10.2 Å². The molecule has 1 aromatic rings. The van der Waals surface area contributed by atoms with Crippen LogP contribution in [0.2, 0.25) is 0 Å². The number of likely N-dealkylation sites (tertiary alicyclic amines) is 2. The van der Waals surface area contributed by atoms with Gasteiger partial charge in [0, 0.05) is 37.2 Å². The molecular weight excluding hydrogens is 362 g/mol. The van der Waals surface area contributed by atoms with Crippen molar-refractivity contribution in [1.29, 1.82) is 0 Å². The molecular formula is C24H35N3O2. The lowest BCUT2D eigenvalue weighted by atomic mass is 9.94. The van der Waals surface area contributed by atoms with E-state index in [-0.39, 0.29) is 23.3 Å². The maximum atomic E-state index is 12.7. The average Bonchev–Trinajstić information content (AvgIpc) is 2.77. The largest absolute Gasteiger partial charge is 0.354 e. The van der Waals surface area contributed by atoms with E-state index < -0.39 is 0 Å². The van der Waals surface area contributed by atoms with E-state index >= 15 is 0 Å². The summed E-state index contributed by atoms with van der Waals surface area (Å²) < 4.78 is 0. The first kappa shape index (κ1) is 21.6. The second-order valence-electron chi connectivity index (χ2n) is 8.92. The Hall–Kier alpha value is -2.14. The van der Waals surface area contributed by atoms with E-state index in [0.29, 0.717) is 19.6 Å². The van der Waals surface area contributed by atoms with Gasteiger partial charge in [0.2, 0.25) is 11.8 Å². The smallest absolute Gasteiger partial charge is 0.246 e. The van der Waals surface area contributed by atoms with Crippen LogP contribution in [0.4, 0.5) is 0 Å². The number of rotatable bonds is 6. The maximum absolute atomic E-state index is 12.7. The van der Waals surface area contributed by atoms with Gasteiger partial charge in [0.25, 0.3) is 0 Å². The number of benzene rings is 1. The van der Waals surface area contributed by atoms with Crippen LogP contribution in [-0.4, -0.2) is 59.9 Å². The Labute approximate surface area is 175 Å². The molecule has 0 saturated carbocycles. The molecule has 0 aromatic heterocycles. The summed E-state index contributed by atoms with van der Waals surface area (Å²) in [6, 6.07) is 9.84. The van der Waals surface area contributed by atoms with Crippen LogP contribution >= 0.6 is 0 Å². The van der Waals surface area contributed by atoms with Gasteiger partial charge in [-0.2, -0.15) is 0 Å². The van der Waals surface area contributed by atoms with Crippen molar-refractivity contribution < 1.29 is 9.59 Å². The van der Waals surface area contributed by atoms with Gasteiger partial charge in [0.15, 0.2) is 0 Å². The van der Waals surface area contributed by atoms with Crippen LogP contribution in [0, 0.1) is 5.92 Å². The van der Waals surface area contributed by atoms with Gasteiger partial charge in [-0.15, -0.1) is 0 Å². The van der Waals surface area contributed by atoms with E-state index in [4.69, 9.17) is 0 Å². The molecule has 2 heterocycles. The number of piperidine rings is 2. The summed E-state index contributed by atoms with van der Waals surface area (Å²) in [7, 11) is 0. The highest BCUT2D eigenvalue weighted by Crippen LogP contribution is 2.21. The van der Waals surface area contributed by atoms with Crippen molar-refractivity contribution in [2.75, 3.05) is 32.7 Å². The van der Waals surface area contributed by atoms with Crippen molar-refractivity contribution in [2.45, 2.75) is 51.5 Å². The molecule has 2 aliphatic rings. The van der Waals surface area contributed by atoms with Gasteiger partial charge in [0.1, 0.15) is 0 Å². The highest BCUT2D eigenvalue weighted by Gasteiger charge is 2.31. The van der Waals surface area contributed by atoms with Crippen molar-refractivity contribution in [3.8, 4) is 0 Å². The molecule has 5 nitrogen and oxygen atoms in total. The van der Waals surface area contributed by atoms with Crippen LogP contribution in [0.5, 0.6) is 0 Å². The molecule has 0 bridgehead atoms. The van der Waals surface area contributed by atoms with Crippen LogP contribution in [-0.2, 0) is 9.59 Å². The second-order valence-corrected chi connectivity index (χ2v) is 8.92. The highest BCUT2D eigenvalue weighted by molar-refractivity contribution is 5.92. The Morgan fingerprint density at radius 2 is 1.69 bits per heavy atom. The predicted molar refractivity (Wildman–Crippen MR) is 117 cm³/mol. The number of carbonyl (C=O) groups is 2. The Balaban J connectivity index is 1.42. The van der Waals surface area contributed by atoms with E-state index in [2.05, 4.69) is 24.1 Å². The van der Waals surface area contributed by atoms with Crippen molar-refractivity contribution >= 4 is 17.9 Å². The average molecular weight is 398 g/mol. The Morgan fingerprint density at radius 3 is 2.34 bits per heavy atom. The SMILES string of the molecule is CC(C)(CNC(=O)C1CCN(C(=O)/C=C/c2ccccc2)CC1)N1CCCCC1. The normalized spacial score (nSPS) is 19.4. The summed E-state index contributed by atoms with van der Waals surface area (Å²) in [4.78, 5) is 29.4. The minimum absolute atomic E-state index is 0.00498. The zero-order valence-electron chi connectivity index (χ0n) is 17.9. The number of carbonyl (C=O) groups excluding carboxylic acids is 2. The fourth-order valence-corrected chi connectivity index (χ4v) is 4.26. The molecule has 0 atom stereocenters. The molecule has 1 N–H and O–H groups in total. The van der Waals surface area contributed by atoms with Crippen molar-refractivity contribution in [3.05, 3.63) is 42.0 Å². The van der Waals surface area contributed by atoms with Crippen molar-refractivity contribution in [1.82, 2.24) is 15.1 Å². The topological polar surface area (TPSA) is 52.7 Å². The lowest BCUT2D eigenvalue weighted by Crippen LogP contribution is -2.54. The third-order valence-electron chi connectivity index (χ3n) is 6.30. The Kier molecular flexibility index (Phi) is 7.48. The minimum Gasteiger partial charge on any atom is -0.354 e. The molecule has 158 valence electrons. The molecule has 5 heteroatoms. The quantitative estimate of drug-likeness (QED) is 0.749. The fraction of sp³-hybridized carbons (Fsp3) is 0.583. The van der Waals surface area contributed by atoms with Gasteiger partial charge >= 0.3 is 0 Å². The molecule has 29 heavy (non-hydrogen) atoms. The third kappa shape index (κ3) is 6.17. The summed E-state index contributed by atoms with van der Waals surface area (Å²) in [5.74, 6) is 0.176. The van der Waals surface area contributed by atoms with Gasteiger partial charge in [-0.05, 0) is 64.3 Å². The molecule has 0 aliphatic carbocycles. The third-order valence-corrected chi connectivity index (χ3v) is 6.30. The molecule has 2 aliphatic heterocycles. The summed E-state index contributed by atoms with van der Waals surface area (Å²) in [6.45, 7) is 8.67. The number of amides is 2. The summed E-state index contributed by atoms with van der Waals surface area (Å²) in [5, 5.41) is 3.18. The fourth-order valence-electron chi connectivity index (χ4n) is 4.26. The number of hydrogen-bond acceptors (Lipinski definition) is 3. The Morgan fingerprint density at radius 1 is 1.03 bits per heavy atom. The van der Waals surface area contributed by atoms with E-state index in [0.717, 1.165) is 31.5 Å². The first-order valence-electron chi connectivity index (χ1n) is 11.0. The van der Waals surface area contributed by atoms with Gasteiger partial charge in [0.05, 0.1) is 0 Å². The molecule has 2 saturated heterocycles. The minimum atomic E-state index is -0.00498. The van der Waals surface area contributed by atoms with Crippen LogP contribution in [0.1, 0.15) is 51.5 Å². The highest BCUT2D eigenvalue weighted by atomic mass is 16.2. The second kappa shape index (κ2) is 10.1. The number of hydrogen-bond donors (Lipinski definition) is 1. The molecule has 0 radical (unpaired) electrons. The van der Waals surface area contributed by atoms with Crippen molar-refractivity contribution in [3.63, 3.8) is 0 Å². The predicted octanol–water partition coefficient (Wildman–Crippen LogP) is 3.32. The number of nitrogens with one attached hydrogen (secondary N) is 1. The van der Waals surface area contributed by atoms with Crippen LogP contribution in [0.15, 0.2) is 36.4 Å². The van der Waals surface area contributed by atoms with Crippen LogP contribution in [0.3, 0.4) is 0 Å². The van der Waals surface area contributed by atoms with E-state index in [9.17, 15) is 9.59 Å². The lowest BCUT2D eigenvalue weighted by Gasteiger charge is -2.41. The van der Waals surface area contributed by atoms with E-state index in [1.807, 2.05) is 41.3 Å². The zero-order chi connectivity index (χ0) is 20.7. The van der Waals surface area contributed by atoms with E-state index in [1.54, 1.807) is 6.08 Å². The van der Waals surface area contributed by atoms with Crippen LogP contribution < -0.4 is 5.32 Å². The lowest BCUT2D eigenvalue weighted by molar-refractivity contribution is -0.132. The first-order valence-corrected chi connectivity index (χ1v) is 11.0. The van der Waals surface area contributed by atoms with E-state index in [1.165, 1.54) is 19.3 Å². The van der Waals surface area contributed by atoms with Gasteiger partial charge in [-0.3, -0.25) is 14.5 Å². The molecule has 2 fully saturated rings. The van der Waals surface area contributed by atoms with Crippen molar-refractivity contribution in [2.24, 2.45) is 5.92 Å². The molecule has 2 amide bonds. The molecule has 1 aromatic carbocycles. The summed E-state index contributed by atoms with van der Waals surface area (Å²) >= 11 is 0. The standard InChI is InChI=1S/C24H35N3O2/c1-24(2,27-15-7-4-8-16-27)19-25-23(29)21-13-17-26(18-14-21)22(28)12-11-20-9-5-3-6-10-20/h3,5-6,9-12,21H,4,7-8,13-19H2,1-2H3,(H,25,29)/b12-11+. The molecule has 0 spiro atoms. The number of nitrogens with zero attached hydrogens (tertiary/aromatic N) is 2. The summed E-state index contributed by atoms with van der Waals surface area (Å²) in [6.07, 6.45) is 8.78. The summed E-state index contributed by atoms with van der Waals surface area (Å²) in [5.41, 5.74) is 1.01.